The molecule has 0 bridgehead atoms. The van der Waals surface area contributed by atoms with Gasteiger partial charge in [0.25, 0.3) is 11.8 Å². The van der Waals surface area contributed by atoms with Crippen molar-refractivity contribution in [3.8, 4) is 0 Å². The molecule has 210 valence electrons. The van der Waals surface area contributed by atoms with Gasteiger partial charge in [-0.15, -0.1) is 5.10 Å². The molecule has 2 heterocycles. The van der Waals surface area contributed by atoms with E-state index in [2.05, 4.69) is 15.6 Å². The summed E-state index contributed by atoms with van der Waals surface area (Å²) in [5.41, 5.74) is 7.62. The molecule has 10 nitrogen and oxygen atoms in total. The molecule has 3 aromatic carbocycles. The first-order chi connectivity index (χ1) is 19.8. The number of nitrogens with two attached hydrogens (primary N) is 1. The van der Waals surface area contributed by atoms with E-state index in [4.69, 9.17) is 10.8 Å². The first kappa shape index (κ1) is 27.8. The predicted molar refractivity (Wildman–Crippen MR) is 156 cm³/mol. The van der Waals surface area contributed by atoms with Gasteiger partial charge in [-0.3, -0.25) is 19.2 Å². The molecular formula is C31H32N6O4. The zero-order chi connectivity index (χ0) is 29.0. The Bertz CT molecular complexity index is 1570. The Hall–Kier alpha value is -4.80. The third-order valence-corrected chi connectivity index (χ3v) is 7.18. The first-order valence-corrected chi connectivity index (χ1v) is 13.4. The minimum Gasteiger partial charge on any atom is -0.399 e. The highest BCUT2D eigenvalue weighted by atomic mass is 16.3. The number of aliphatic hydroxyl groups is 2. The molecule has 4 aromatic rings. The lowest BCUT2D eigenvalue weighted by molar-refractivity contribution is -0.138. The van der Waals surface area contributed by atoms with Gasteiger partial charge < -0.3 is 21.3 Å². The van der Waals surface area contributed by atoms with Gasteiger partial charge in [0, 0.05) is 59.9 Å². The van der Waals surface area contributed by atoms with Gasteiger partial charge in [0.15, 0.2) is 5.60 Å². The van der Waals surface area contributed by atoms with Crippen LogP contribution in [0, 0.1) is 5.92 Å². The summed E-state index contributed by atoms with van der Waals surface area (Å²) in [5.74, 6) is -1.39. The first-order valence-electron chi connectivity index (χ1n) is 13.4. The van der Waals surface area contributed by atoms with Crippen LogP contribution in [0.4, 0.5) is 22.7 Å². The molecule has 1 aromatic heterocycles. The molecule has 5 N–H and O–H groups in total. The summed E-state index contributed by atoms with van der Waals surface area (Å²) in [5, 5.41) is 32.1. The van der Waals surface area contributed by atoms with Crippen molar-refractivity contribution in [2.24, 2.45) is 5.92 Å². The van der Waals surface area contributed by atoms with E-state index in [1.165, 1.54) is 4.90 Å². The molecule has 0 fully saturated rings. The third-order valence-electron chi connectivity index (χ3n) is 7.18. The van der Waals surface area contributed by atoms with Gasteiger partial charge in [0.05, 0.1) is 11.4 Å². The minimum atomic E-state index is -1.87. The normalized spacial score (nSPS) is 17.1. The number of aromatic nitrogens is 3. The number of anilines is 4. The minimum absolute atomic E-state index is 0.0109. The maximum Gasteiger partial charge on any atom is 0.268 e. The molecule has 1 aliphatic heterocycles. The Balaban J connectivity index is 1.41. The van der Waals surface area contributed by atoms with Crippen LogP contribution < -0.4 is 16.0 Å². The number of nitrogens with one attached hydrogen (secondary N) is 1. The summed E-state index contributed by atoms with van der Waals surface area (Å²) in [6.45, 7) is 2.36. The van der Waals surface area contributed by atoms with Crippen molar-refractivity contribution in [3.05, 3.63) is 108 Å². The molecule has 0 saturated heterocycles. The summed E-state index contributed by atoms with van der Waals surface area (Å²) in [6, 6.07) is 20.8. The average molecular weight is 553 g/mol. The van der Waals surface area contributed by atoms with Crippen molar-refractivity contribution < 1.29 is 19.8 Å². The van der Waals surface area contributed by atoms with Gasteiger partial charge in [0.2, 0.25) is 0 Å². The second-order valence-corrected chi connectivity index (χ2v) is 10.0. The number of hydrogen-bond acceptors (Lipinski definition) is 7. The zero-order valence-electron chi connectivity index (χ0n) is 22.6. The molecule has 0 aliphatic carbocycles. The van der Waals surface area contributed by atoms with Crippen LogP contribution in [0.2, 0.25) is 0 Å². The Kier molecular flexibility index (Phi) is 7.95. The lowest BCUT2D eigenvalue weighted by atomic mass is 9.82. The fraction of sp³-hybridized carbons (Fsp3) is 0.226. The largest absolute Gasteiger partial charge is 0.399 e. The van der Waals surface area contributed by atoms with Crippen molar-refractivity contribution in [2.75, 3.05) is 22.6 Å². The molecule has 0 spiro atoms. The van der Waals surface area contributed by atoms with Gasteiger partial charge in [0.1, 0.15) is 0 Å². The Labute approximate surface area is 237 Å². The topological polar surface area (TPSA) is 147 Å². The number of carbonyl (C=O) groups excluding carboxylic acids is 2. The lowest BCUT2D eigenvalue weighted by Gasteiger charge is -2.27. The number of nitrogens with zero attached hydrogens (tertiary/aromatic N) is 4. The number of hydrogen-bond donors (Lipinski definition) is 4. The smallest absolute Gasteiger partial charge is 0.268 e. The standard InChI is InChI=1S/C31H32N6O4/c1-21(7-5-6-17-36-20-25(16-18-38)34-35-36)31(41)27-19-24(33-29(39)22-10-12-23(32)13-11-22)14-15-28(27)37(30(31)40)26-8-3-2-4-9-26/h2-5,7-15,19-21,38,41H,6,16-18,32H2,1H3,(H,33,39)/b7-5+/t21-,31+/m1/s1. The number of amides is 2. The van der Waals surface area contributed by atoms with E-state index in [0.29, 0.717) is 59.0 Å². The van der Waals surface area contributed by atoms with Crippen molar-refractivity contribution in [1.82, 2.24) is 15.0 Å². The summed E-state index contributed by atoms with van der Waals surface area (Å²) in [6.07, 6.45) is 6.56. The Morgan fingerprint density at radius 1 is 1.12 bits per heavy atom. The van der Waals surface area contributed by atoms with Crippen molar-refractivity contribution in [2.45, 2.75) is 31.9 Å². The van der Waals surface area contributed by atoms with Gasteiger partial charge in [-0.25, -0.2) is 0 Å². The van der Waals surface area contributed by atoms with Crippen LogP contribution in [0.15, 0.2) is 91.1 Å². The van der Waals surface area contributed by atoms with E-state index in [1.807, 2.05) is 42.5 Å². The predicted octanol–water partition coefficient (Wildman–Crippen LogP) is 3.80. The van der Waals surface area contributed by atoms with Crippen molar-refractivity contribution >= 4 is 34.6 Å². The fourth-order valence-corrected chi connectivity index (χ4v) is 4.94. The molecule has 0 saturated carbocycles. The molecule has 0 unspecified atom stereocenters. The highest BCUT2D eigenvalue weighted by Crippen LogP contribution is 2.49. The van der Waals surface area contributed by atoms with Crippen LogP contribution in [-0.2, 0) is 23.4 Å². The molecule has 41 heavy (non-hydrogen) atoms. The quantitative estimate of drug-likeness (QED) is 0.173. The van der Waals surface area contributed by atoms with Crippen molar-refractivity contribution in [1.29, 1.82) is 0 Å². The SMILES string of the molecule is C[C@H](/C=C/CCn1cc(CCO)nn1)[C@@]1(O)C(=O)N(c2ccccc2)c2ccc(NC(=O)c3ccc(N)cc3)cc21. The molecular weight excluding hydrogens is 520 g/mol. The summed E-state index contributed by atoms with van der Waals surface area (Å²) in [7, 11) is 0. The summed E-state index contributed by atoms with van der Waals surface area (Å²) in [4.78, 5) is 28.3. The van der Waals surface area contributed by atoms with Crippen molar-refractivity contribution in [3.63, 3.8) is 0 Å². The highest BCUT2D eigenvalue weighted by Gasteiger charge is 2.53. The van der Waals surface area contributed by atoms with Gasteiger partial charge in [-0.05, 0) is 61.0 Å². The third kappa shape index (κ3) is 5.60. The Morgan fingerprint density at radius 3 is 2.61 bits per heavy atom. The number of aryl methyl sites for hydroxylation is 1. The number of allylic oxidation sites excluding steroid dienone is 1. The van der Waals surface area contributed by atoms with E-state index in [0.717, 1.165) is 0 Å². The Morgan fingerprint density at radius 2 is 1.88 bits per heavy atom. The van der Waals surface area contributed by atoms with Crippen LogP contribution in [0.25, 0.3) is 0 Å². The number of rotatable bonds is 10. The van der Waals surface area contributed by atoms with Crippen LogP contribution in [0.5, 0.6) is 0 Å². The van der Waals surface area contributed by atoms with Crippen LogP contribution >= 0.6 is 0 Å². The number of fused-ring (bicyclic) bond motifs is 1. The van der Waals surface area contributed by atoms with E-state index in [9.17, 15) is 14.7 Å². The fourth-order valence-electron chi connectivity index (χ4n) is 4.94. The monoisotopic (exact) mass is 552 g/mol. The average Bonchev–Trinajstić information content (AvgIpc) is 3.52. The maximum absolute atomic E-state index is 13.9. The van der Waals surface area contributed by atoms with E-state index in [1.54, 1.807) is 60.3 Å². The number of aliphatic hydroxyl groups excluding tert-OH is 1. The van der Waals surface area contributed by atoms with Gasteiger partial charge >= 0.3 is 0 Å². The van der Waals surface area contributed by atoms with E-state index in [-0.39, 0.29) is 12.5 Å². The van der Waals surface area contributed by atoms with Crippen LogP contribution in [0.1, 0.15) is 35.0 Å². The molecule has 2 atom stereocenters. The van der Waals surface area contributed by atoms with Gasteiger partial charge in [-0.1, -0.05) is 42.5 Å². The second-order valence-electron chi connectivity index (χ2n) is 10.0. The maximum atomic E-state index is 13.9. The number of benzene rings is 3. The van der Waals surface area contributed by atoms with E-state index < -0.39 is 17.4 Å². The van der Waals surface area contributed by atoms with Crippen LogP contribution in [-0.4, -0.2) is 43.6 Å². The van der Waals surface area contributed by atoms with E-state index >= 15 is 0 Å². The summed E-state index contributed by atoms with van der Waals surface area (Å²) < 4.78 is 1.69. The molecule has 1 aliphatic rings. The molecule has 5 rings (SSSR count). The lowest BCUT2D eigenvalue weighted by Crippen LogP contribution is -2.42. The molecule has 10 heteroatoms. The van der Waals surface area contributed by atoms with Gasteiger partial charge in [-0.2, -0.15) is 0 Å². The van der Waals surface area contributed by atoms with Crippen LogP contribution in [0.3, 0.4) is 0 Å². The molecule has 0 radical (unpaired) electrons. The highest BCUT2D eigenvalue weighted by molar-refractivity contribution is 6.13. The summed E-state index contributed by atoms with van der Waals surface area (Å²) >= 11 is 0. The number of nitrogen functional groups attached to an aromatic ring is 1. The zero-order valence-corrected chi connectivity index (χ0v) is 22.6. The molecule has 2 amide bonds. The second kappa shape index (κ2) is 11.7. The number of carbonyl (C=O) groups is 2. The number of para-hydroxylation sites is 1.